The Kier molecular flexibility index (Phi) is 4.18. The molecule has 0 aromatic heterocycles. The summed E-state index contributed by atoms with van der Waals surface area (Å²) in [7, 11) is 0. The summed E-state index contributed by atoms with van der Waals surface area (Å²) in [6.45, 7) is 3.68. The monoisotopic (exact) mass is 226 g/mol. The van der Waals surface area contributed by atoms with Gasteiger partial charge in [0.2, 0.25) is 5.91 Å². The largest absolute Gasteiger partial charge is 0.390 e. The van der Waals surface area contributed by atoms with Crippen molar-refractivity contribution >= 4 is 5.91 Å². The molecule has 0 bridgehead atoms. The minimum Gasteiger partial charge on any atom is -0.390 e. The van der Waals surface area contributed by atoms with Gasteiger partial charge in [-0.1, -0.05) is 19.3 Å². The Balaban J connectivity index is 1.73. The summed E-state index contributed by atoms with van der Waals surface area (Å²) in [6.07, 6.45) is 5.92. The summed E-state index contributed by atoms with van der Waals surface area (Å²) < 4.78 is 0. The molecule has 16 heavy (non-hydrogen) atoms. The molecule has 1 amide bonds. The molecule has 2 rings (SSSR count). The molecule has 0 aromatic carbocycles. The number of rotatable bonds is 2. The van der Waals surface area contributed by atoms with Gasteiger partial charge < -0.3 is 10.0 Å². The highest BCUT2D eigenvalue weighted by Gasteiger charge is 2.27. The lowest BCUT2D eigenvalue weighted by atomic mass is 10.1. The second-order valence-corrected chi connectivity index (χ2v) is 5.00. The third-order valence-electron chi connectivity index (χ3n) is 3.51. The number of amides is 1. The number of hydrogen-bond acceptors (Lipinski definition) is 3. The molecule has 0 aliphatic carbocycles. The van der Waals surface area contributed by atoms with E-state index < -0.39 is 0 Å². The van der Waals surface area contributed by atoms with Crippen LogP contribution >= 0.6 is 0 Å². The van der Waals surface area contributed by atoms with Gasteiger partial charge in [0.1, 0.15) is 0 Å². The van der Waals surface area contributed by atoms with Crippen molar-refractivity contribution in [2.45, 2.75) is 38.2 Å². The summed E-state index contributed by atoms with van der Waals surface area (Å²) in [5, 5.41) is 9.16. The molecule has 0 unspecified atom stereocenters. The van der Waals surface area contributed by atoms with E-state index in [4.69, 9.17) is 5.11 Å². The van der Waals surface area contributed by atoms with Crippen LogP contribution in [0.25, 0.3) is 0 Å². The highest BCUT2D eigenvalue weighted by Crippen LogP contribution is 2.12. The van der Waals surface area contributed by atoms with Crippen LogP contribution in [0.1, 0.15) is 32.1 Å². The van der Waals surface area contributed by atoms with Crippen LogP contribution in [0.15, 0.2) is 0 Å². The predicted molar refractivity (Wildman–Crippen MR) is 62.1 cm³/mol. The number of nitrogens with zero attached hydrogens (tertiary/aromatic N) is 2. The Hall–Kier alpha value is -0.610. The second kappa shape index (κ2) is 5.64. The first kappa shape index (κ1) is 11.9. The average Bonchev–Trinajstić information content (AvgIpc) is 2.14. The number of aliphatic hydroxyl groups excluding tert-OH is 1. The van der Waals surface area contributed by atoms with Crippen molar-refractivity contribution in [1.29, 1.82) is 0 Å². The fourth-order valence-corrected chi connectivity index (χ4v) is 2.46. The van der Waals surface area contributed by atoms with Crippen LogP contribution in [0.5, 0.6) is 0 Å². The van der Waals surface area contributed by atoms with Crippen LogP contribution in [0.3, 0.4) is 0 Å². The molecule has 0 aromatic rings. The molecule has 1 N–H and O–H groups in total. The molecule has 0 saturated carbocycles. The minimum atomic E-state index is -0.208. The van der Waals surface area contributed by atoms with Gasteiger partial charge in [-0.15, -0.1) is 0 Å². The first-order valence-corrected chi connectivity index (χ1v) is 6.44. The fourth-order valence-electron chi connectivity index (χ4n) is 2.46. The lowest BCUT2D eigenvalue weighted by molar-refractivity contribution is -0.135. The Morgan fingerprint density at radius 2 is 1.62 bits per heavy atom. The summed E-state index contributed by atoms with van der Waals surface area (Å²) >= 11 is 0. The summed E-state index contributed by atoms with van der Waals surface area (Å²) in [6, 6.07) is 0. The van der Waals surface area contributed by atoms with Crippen molar-refractivity contribution in [3.63, 3.8) is 0 Å². The third-order valence-corrected chi connectivity index (χ3v) is 3.51. The van der Waals surface area contributed by atoms with E-state index in [0.717, 1.165) is 25.9 Å². The molecular weight excluding hydrogens is 204 g/mol. The van der Waals surface area contributed by atoms with E-state index in [1.807, 2.05) is 9.80 Å². The van der Waals surface area contributed by atoms with Gasteiger partial charge in [-0.05, 0) is 12.8 Å². The molecule has 2 aliphatic heterocycles. The molecule has 0 atom stereocenters. The highest BCUT2D eigenvalue weighted by atomic mass is 16.3. The van der Waals surface area contributed by atoms with Gasteiger partial charge in [-0.3, -0.25) is 9.69 Å². The molecule has 2 saturated heterocycles. The van der Waals surface area contributed by atoms with Gasteiger partial charge in [-0.2, -0.15) is 0 Å². The number of aliphatic hydroxyl groups is 1. The number of hydrogen-bond donors (Lipinski definition) is 1. The van der Waals surface area contributed by atoms with Crippen molar-refractivity contribution in [3.8, 4) is 0 Å². The molecule has 2 heterocycles. The maximum absolute atomic E-state index is 12.0. The topological polar surface area (TPSA) is 43.8 Å². The zero-order valence-corrected chi connectivity index (χ0v) is 9.90. The van der Waals surface area contributed by atoms with E-state index in [1.54, 1.807) is 0 Å². The van der Waals surface area contributed by atoms with E-state index in [1.165, 1.54) is 19.3 Å². The lowest BCUT2D eigenvalue weighted by Crippen LogP contribution is -2.54. The molecule has 2 aliphatic rings. The maximum Gasteiger partial charge on any atom is 0.236 e. The van der Waals surface area contributed by atoms with Crippen LogP contribution in [-0.4, -0.2) is 59.6 Å². The standard InChI is InChI=1S/C12H22N2O2/c15-11-8-13(9-11)10-12(16)14-6-4-2-1-3-5-7-14/h11,15H,1-10H2. The van der Waals surface area contributed by atoms with Crippen molar-refractivity contribution in [2.75, 3.05) is 32.7 Å². The normalized spacial score (nSPS) is 24.7. The molecular formula is C12H22N2O2. The minimum absolute atomic E-state index is 0.208. The van der Waals surface area contributed by atoms with Crippen LogP contribution < -0.4 is 0 Å². The zero-order valence-electron chi connectivity index (χ0n) is 9.90. The molecule has 0 spiro atoms. The Bertz CT molecular complexity index is 231. The smallest absolute Gasteiger partial charge is 0.236 e. The van der Waals surface area contributed by atoms with E-state index in [9.17, 15) is 4.79 Å². The molecule has 92 valence electrons. The summed E-state index contributed by atoms with van der Waals surface area (Å²) in [5.41, 5.74) is 0. The van der Waals surface area contributed by atoms with Crippen LogP contribution in [-0.2, 0) is 4.79 Å². The fraction of sp³-hybridized carbons (Fsp3) is 0.917. The zero-order chi connectivity index (χ0) is 11.4. The van der Waals surface area contributed by atoms with Crippen LogP contribution in [0.2, 0.25) is 0 Å². The number of carbonyl (C=O) groups is 1. The van der Waals surface area contributed by atoms with Crippen molar-refractivity contribution in [3.05, 3.63) is 0 Å². The summed E-state index contributed by atoms with van der Waals surface area (Å²) in [4.78, 5) is 16.0. The molecule has 4 nitrogen and oxygen atoms in total. The number of carbonyl (C=O) groups excluding carboxylic acids is 1. The van der Waals surface area contributed by atoms with Gasteiger partial charge >= 0.3 is 0 Å². The Labute approximate surface area is 97.2 Å². The first-order valence-electron chi connectivity index (χ1n) is 6.44. The molecule has 2 fully saturated rings. The third kappa shape index (κ3) is 3.19. The first-order chi connectivity index (χ1) is 7.75. The highest BCUT2D eigenvalue weighted by molar-refractivity contribution is 5.78. The van der Waals surface area contributed by atoms with Gasteiger partial charge in [0.15, 0.2) is 0 Å². The van der Waals surface area contributed by atoms with Crippen LogP contribution in [0.4, 0.5) is 0 Å². The second-order valence-electron chi connectivity index (χ2n) is 5.00. The lowest BCUT2D eigenvalue weighted by Gasteiger charge is -2.36. The van der Waals surface area contributed by atoms with E-state index in [0.29, 0.717) is 19.6 Å². The number of likely N-dealkylation sites (tertiary alicyclic amines) is 2. The molecule has 0 radical (unpaired) electrons. The number of β-amino-alcohol motifs (C(OH)–C–C–N with tert-alkyl or cyclic N) is 1. The van der Waals surface area contributed by atoms with Gasteiger partial charge in [-0.25, -0.2) is 0 Å². The summed E-state index contributed by atoms with van der Waals surface area (Å²) in [5.74, 6) is 0.244. The van der Waals surface area contributed by atoms with E-state index in [2.05, 4.69) is 0 Å². The van der Waals surface area contributed by atoms with Crippen LogP contribution in [0, 0.1) is 0 Å². The van der Waals surface area contributed by atoms with E-state index >= 15 is 0 Å². The Morgan fingerprint density at radius 1 is 1.06 bits per heavy atom. The molecule has 4 heteroatoms. The van der Waals surface area contributed by atoms with Gasteiger partial charge in [0.25, 0.3) is 0 Å². The van der Waals surface area contributed by atoms with E-state index in [-0.39, 0.29) is 12.0 Å². The van der Waals surface area contributed by atoms with Gasteiger partial charge in [0, 0.05) is 26.2 Å². The maximum atomic E-state index is 12.0. The van der Waals surface area contributed by atoms with Gasteiger partial charge in [0.05, 0.1) is 12.6 Å². The van der Waals surface area contributed by atoms with Crippen molar-refractivity contribution in [1.82, 2.24) is 9.80 Å². The SMILES string of the molecule is O=C(CN1CC(O)C1)N1CCCCCCC1. The quantitative estimate of drug-likeness (QED) is 0.744. The average molecular weight is 226 g/mol. The van der Waals surface area contributed by atoms with Crippen molar-refractivity contribution < 1.29 is 9.90 Å². The predicted octanol–water partition coefficient (Wildman–Crippen LogP) is 0.456. The Morgan fingerprint density at radius 3 is 2.19 bits per heavy atom. The van der Waals surface area contributed by atoms with Crippen molar-refractivity contribution in [2.24, 2.45) is 0 Å².